The van der Waals surface area contributed by atoms with Crippen molar-refractivity contribution < 1.29 is 13.2 Å². The van der Waals surface area contributed by atoms with Crippen LogP contribution in [0.25, 0.3) is 0 Å². The minimum atomic E-state index is -3.93. The first-order valence-electron chi connectivity index (χ1n) is 12.5. The fourth-order valence-electron chi connectivity index (χ4n) is 4.38. The Bertz CT molecular complexity index is 1300. The zero-order chi connectivity index (χ0) is 25.7. The molecule has 0 aliphatic carbocycles. The Hall–Kier alpha value is -3.16. The van der Waals surface area contributed by atoms with E-state index >= 15 is 0 Å². The van der Waals surface area contributed by atoms with E-state index < -0.39 is 10.0 Å². The number of carbonyl (C=O) groups is 1. The van der Waals surface area contributed by atoms with Gasteiger partial charge in [0.25, 0.3) is 10.0 Å². The van der Waals surface area contributed by atoms with E-state index in [-0.39, 0.29) is 17.3 Å². The number of rotatable bonds is 9. The van der Waals surface area contributed by atoms with Crippen molar-refractivity contribution >= 4 is 21.6 Å². The van der Waals surface area contributed by atoms with Gasteiger partial charge in [-0.3, -0.25) is 14.0 Å². The summed E-state index contributed by atoms with van der Waals surface area (Å²) in [6.45, 7) is 9.11. The quantitative estimate of drug-likeness (QED) is 0.457. The third kappa shape index (κ3) is 6.33. The second-order valence-corrected chi connectivity index (χ2v) is 11.5. The maximum atomic E-state index is 13.6. The van der Waals surface area contributed by atoms with E-state index in [4.69, 9.17) is 0 Å². The van der Waals surface area contributed by atoms with E-state index in [0.29, 0.717) is 12.2 Å². The predicted octanol–water partition coefficient (Wildman–Crippen LogP) is 4.72. The number of anilines is 1. The second-order valence-electron chi connectivity index (χ2n) is 9.67. The van der Waals surface area contributed by atoms with Gasteiger partial charge in [0.2, 0.25) is 5.91 Å². The molecule has 1 fully saturated rings. The molecule has 0 saturated carbocycles. The van der Waals surface area contributed by atoms with E-state index in [2.05, 4.69) is 22.3 Å². The molecule has 0 radical (unpaired) electrons. The summed E-state index contributed by atoms with van der Waals surface area (Å²) in [4.78, 5) is 15.6. The van der Waals surface area contributed by atoms with Gasteiger partial charge in [-0.15, -0.1) is 0 Å². The largest absolute Gasteiger partial charge is 0.350 e. The molecule has 190 valence electrons. The van der Waals surface area contributed by atoms with Crippen LogP contribution >= 0.6 is 0 Å². The molecule has 0 atom stereocenters. The normalized spacial score (nSPS) is 14.1. The lowest BCUT2D eigenvalue weighted by Crippen LogP contribution is -2.40. The van der Waals surface area contributed by atoms with Crippen LogP contribution in [-0.2, 0) is 27.9 Å². The number of sulfonamides is 1. The monoisotopic (exact) mass is 505 g/mol. The lowest BCUT2D eigenvalue weighted by atomic mass is 10.1. The minimum absolute atomic E-state index is 0.160. The summed E-state index contributed by atoms with van der Waals surface area (Å²) in [6, 6.07) is 20.4. The molecule has 1 amide bonds. The van der Waals surface area contributed by atoms with Crippen LogP contribution in [0.3, 0.4) is 0 Å². The van der Waals surface area contributed by atoms with Crippen LogP contribution in [0.2, 0.25) is 0 Å². The van der Waals surface area contributed by atoms with Gasteiger partial charge < -0.3 is 5.32 Å². The van der Waals surface area contributed by atoms with Crippen LogP contribution in [0, 0.1) is 20.8 Å². The molecule has 3 aromatic rings. The van der Waals surface area contributed by atoms with Crippen molar-refractivity contribution in [3.8, 4) is 0 Å². The molecule has 0 unspecified atom stereocenters. The van der Waals surface area contributed by atoms with Gasteiger partial charge in [0, 0.05) is 13.1 Å². The fourth-order valence-corrected chi connectivity index (χ4v) is 5.79. The summed E-state index contributed by atoms with van der Waals surface area (Å²) in [5.74, 6) is -0.356. The zero-order valence-corrected chi connectivity index (χ0v) is 22.1. The van der Waals surface area contributed by atoms with Crippen LogP contribution in [-0.4, -0.2) is 38.9 Å². The standard InChI is InChI=1S/C29H35N3O3S/c1-22-6-14-28(15-7-22)36(34,35)32(27-13-8-23(2)24(3)18-27)21-29(33)30-19-25-9-11-26(12-10-25)20-31-16-4-5-17-31/h6-15,18H,4-5,16-17,19-21H2,1-3H3,(H,30,33). The highest BCUT2D eigenvalue weighted by Crippen LogP contribution is 2.26. The molecular formula is C29H35N3O3S. The smallest absolute Gasteiger partial charge is 0.264 e. The number of benzene rings is 3. The molecule has 0 aromatic heterocycles. The lowest BCUT2D eigenvalue weighted by Gasteiger charge is -2.25. The maximum absolute atomic E-state index is 13.6. The van der Waals surface area contributed by atoms with Crippen molar-refractivity contribution in [1.29, 1.82) is 0 Å². The van der Waals surface area contributed by atoms with Gasteiger partial charge in [-0.25, -0.2) is 8.42 Å². The molecular weight excluding hydrogens is 470 g/mol. The summed E-state index contributed by atoms with van der Waals surface area (Å²) in [5.41, 5.74) is 5.70. The number of hydrogen-bond donors (Lipinski definition) is 1. The number of aryl methyl sites for hydroxylation is 3. The zero-order valence-electron chi connectivity index (χ0n) is 21.3. The predicted molar refractivity (Wildman–Crippen MR) is 144 cm³/mol. The third-order valence-electron chi connectivity index (χ3n) is 6.79. The molecule has 7 heteroatoms. The van der Waals surface area contributed by atoms with Gasteiger partial charge in [0.05, 0.1) is 10.6 Å². The Labute approximate surface area is 215 Å². The molecule has 3 aromatic carbocycles. The Morgan fingerprint density at radius 2 is 1.50 bits per heavy atom. The van der Waals surface area contributed by atoms with Gasteiger partial charge >= 0.3 is 0 Å². The third-order valence-corrected chi connectivity index (χ3v) is 8.58. The molecule has 0 spiro atoms. The number of nitrogens with one attached hydrogen (secondary N) is 1. The summed E-state index contributed by atoms with van der Waals surface area (Å²) in [7, 11) is -3.93. The van der Waals surface area contributed by atoms with E-state index in [1.54, 1.807) is 30.3 Å². The topological polar surface area (TPSA) is 69.7 Å². The van der Waals surface area contributed by atoms with Crippen molar-refractivity contribution in [3.63, 3.8) is 0 Å². The lowest BCUT2D eigenvalue weighted by molar-refractivity contribution is -0.119. The SMILES string of the molecule is Cc1ccc(S(=O)(=O)N(CC(=O)NCc2ccc(CN3CCCC3)cc2)c2ccc(C)c(C)c2)cc1. The average Bonchev–Trinajstić information content (AvgIpc) is 3.37. The molecule has 1 heterocycles. The summed E-state index contributed by atoms with van der Waals surface area (Å²) in [5, 5.41) is 2.89. The van der Waals surface area contributed by atoms with Gasteiger partial charge in [-0.2, -0.15) is 0 Å². The first kappa shape index (κ1) is 25.9. The number of likely N-dealkylation sites (tertiary alicyclic amines) is 1. The molecule has 1 aliphatic heterocycles. The van der Waals surface area contributed by atoms with Crippen molar-refractivity contribution in [1.82, 2.24) is 10.2 Å². The molecule has 0 bridgehead atoms. The maximum Gasteiger partial charge on any atom is 0.264 e. The first-order valence-corrected chi connectivity index (χ1v) is 13.9. The first-order chi connectivity index (χ1) is 17.2. The molecule has 36 heavy (non-hydrogen) atoms. The average molecular weight is 506 g/mol. The van der Waals surface area contributed by atoms with Crippen LogP contribution in [0.4, 0.5) is 5.69 Å². The Kier molecular flexibility index (Phi) is 8.11. The van der Waals surface area contributed by atoms with Gasteiger partial charge in [-0.1, -0.05) is 48.0 Å². The Morgan fingerprint density at radius 1 is 0.861 bits per heavy atom. The Morgan fingerprint density at radius 3 is 2.14 bits per heavy atom. The number of amides is 1. The number of carbonyl (C=O) groups excluding carboxylic acids is 1. The highest BCUT2D eigenvalue weighted by atomic mass is 32.2. The molecule has 6 nitrogen and oxygen atoms in total. The Balaban J connectivity index is 1.47. The molecule has 1 aliphatic rings. The molecule has 1 N–H and O–H groups in total. The van der Waals surface area contributed by atoms with Crippen molar-refractivity contribution in [2.24, 2.45) is 0 Å². The summed E-state index contributed by atoms with van der Waals surface area (Å²) < 4.78 is 28.3. The second kappa shape index (κ2) is 11.3. The molecule has 1 saturated heterocycles. The van der Waals surface area contributed by atoms with Crippen molar-refractivity contribution in [2.75, 3.05) is 23.9 Å². The highest BCUT2D eigenvalue weighted by Gasteiger charge is 2.27. The van der Waals surface area contributed by atoms with E-state index in [0.717, 1.165) is 41.9 Å². The van der Waals surface area contributed by atoms with Crippen LogP contribution < -0.4 is 9.62 Å². The van der Waals surface area contributed by atoms with Crippen molar-refractivity contribution in [2.45, 2.75) is 51.6 Å². The van der Waals surface area contributed by atoms with Crippen molar-refractivity contribution in [3.05, 3.63) is 94.5 Å². The van der Waals surface area contributed by atoms with Gasteiger partial charge in [0.15, 0.2) is 0 Å². The number of nitrogens with zero attached hydrogens (tertiary/aromatic N) is 2. The summed E-state index contributed by atoms with van der Waals surface area (Å²) >= 11 is 0. The van der Waals surface area contributed by atoms with E-state index in [9.17, 15) is 13.2 Å². The molecule has 4 rings (SSSR count). The number of hydrogen-bond acceptors (Lipinski definition) is 4. The van der Waals surface area contributed by atoms with E-state index in [1.807, 2.05) is 45.0 Å². The van der Waals surface area contributed by atoms with Crippen LogP contribution in [0.5, 0.6) is 0 Å². The van der Waals surface area contributed by atoms with Crippen LogP contribution in [0.15, 0.2) is 71.6 Å². The highest BCUT2D eigenvalue weighted by molar-refractivity contribution is 7.92. The fraction of sp³-hybridized carbons (Fsp3) is 0.345. The summed E-state index contributed by atoms with van der Waals surface area (Å²) in [6.07, 6.45) is 2.53. The van der Waals surface area contributed by atoms with E-state index in [1.165, 1.54) is 22.7 Å². The minimum Gasteiger partial charge on any atom is -0.350 e. The van der Waals surface area contributed by atoms with Crippen LogP contribution in [0.1, 0.15) is 40.7 Å². The van der Waals surface area contributed by atoms with Gasteiger partial charge in [-0.05, 0) is 93.2 Å². The van der Waals surface area contributed by atoms with Gasteiger partial charge in [0.1, 0.15) is 6.54 Å².